The van der Waals surface area contributed by atoms with Crippen molar-refractivity contribution < 1.29 is 0 Å². The van der Waals surface area contributed by atoms with Gasteiger partial charge in [0.25, 0.3) is 5.56 Å². The van der Waals surface area contributed by atoms with Gasteiger partial charge in [0, 0.05) is 0 Å². The van der Waals surface area contributed by atoms with Crippen molar-refractivity contribution in [3.8, 4) is 0 Å². The Bertz CT molecular complexity index is 306. The molecule has 10 heavy (non-hydrogen) atoms. The molecule has 0 aromatic carbocycles. The minimum absolute atomic E-state index is 0.202. The van der Waals surface area contributed by atoms with Gasteiger partial charge in [0.05, 0.1) is 9.26 Å². The second kappa shape index (κ2) is 2.49. The lowest BCUT2D eigenvalue weighted by atomic mass is 10.4. The molecule has 0 atom stereocenters. The first-order chi connectivity index (χ1) is 4.61. The van der Waals surface area contributed by atoms with Crippen molar-refractivity contribution in [2.75, 3.05) is 11.5 Å². The third-order valence-electron chi connectivity index (χ3n) is 1.06. The Hall–Kier alpha value is -0.720. The Morgan fingerprint density at radius 2 is 2.10 bits per heavy atom. The average Bonchev–Trinajstić information content (AvgIpc) is 1.84. The van der Waals surface area contributed by atoms with Crippen LogP contribution < -0.4 is 17.0 Å². The first kappa shape index (κ1) is 7.39. The number of nitrogens with one attached hydrogen (secondary N) is 1. The number of anilines is 2. The maximum Gasteiger partial charge on any atom is 0.263 e. The Kier molecular flexibility index (Phi) is 1.84. The fourth-order valence-electron chi connectivity index (χ4n) is 0.534. The standard InChI is InChI=1S/C5H6IN3O/c6-2-1-3(7)4(8)9-5(2)10/h1H,7H2,(H3,8,9,10). The van der Waals surface area contributed by atoms with Crippen molar-refractivity contribution in [1.82, 2.24) is 4.98 Å². The summed E-state index contributed by atoms with van der Waals surface area (Å²) < 4.78 is 0.546. The van der Waals surface area contributed by atoms with Gasteiger partial charge in [-0.1, -0.05) is 0 Å². The molecule has 1 aromatic heterocycles. The van der Waals surface area contributed by atoms with Gasteiger partial charge in [-0.15, -0.1) is 0 Å². The number of aromatic nitrogens is 1. The number of halogens is 1. The van der Waals surface area contributed by atoms with E-state index in [2.05, 4.69) is 4.98 Å². The zero-order valence-corrected chi connectivity index (χ0v) is 7.18. The van der Waals surface area contributed by atoms with E-state index in [1.54, 1.807) is 0 Å². The zero-order chi connectivity index (χ0) is 7.72. The van der Waals surface area contributed by atoms with Crippen LogP contribution in [0.15, 0.2) is 10.9 Å². The fraction of sp³-hybridized carbons (Fsp3) is 0. The quantitative estimate of drug-likeness (QED) is 0.573. The van der Waals surface area contributed by atoms with Crippen molar-refractivity contribution >= 4 is 34.1 Å². The molecule has 0 spiro atoms. The molecule has 1 aromatic rings. The van der Waals surface area contributed by atoms with E-state index in [1.807, 2.05) is 22.6 Å². The van der Waals surface area contributed by atoms with Crippen molar-refractivity contribution in [2.45, 2.75) is 0 Å². The van der Waals surface area contributed by atoms with Gasteiger partial charge < -0.3 is 16.5 Å². The Morgan fingerprint density at radius 1 is 1.50 bits per heavy atom. The molecule has 5 heteroatoms. The monoisotopic (exact) mass is 251 g/mol. The summed E-state index contributed by atoms with van der Waals surface area (Å²) in [5.74, 6) is 0.227. The molecular formula is C5H6IN3O. The molecule has 0 amide bonds. The summed E-state index contributed by atoms with van der Waals surface area (Å²) >= 11 is 1.89. The van der Waals surface area contributed by atoms with Crippen LogP contribution in [0.3, 0.4) is 0 Å². The van der Waals surface area contributed by atoms with Crippen LogP contribution >= 0.6 is 22.6 Å². The summed E-state index contributed by atoms with van der Waals surface area (Å²) in [6.45, 7) is 0. The summed E-state index contributed by atoms with van der Waals surface area (Å²) in [5, 5.41) is 0. The maximum atomic E-state index is 10.8. The van der Waals surface area contributed by atoms with Crippen LogP contribution in [0.4, 0.5) is 11.5 Å². The number of aromatic amines is 1. The molecule has 0 aliphatic carbocycles. The van der Waals surface area contributed by atoms with E-state index in [9.17, 15) is 4.79 Å². The van der Waals surface area contributed by atoms with E-state index in [0.29, 0.717) is 9.26 Å². The van der Waals surface area contributed by atoms with Gasteiger partial charge in [0.2, 0.25) is 0 Å². The molecule has 1 rings (SSSR count). The van der Waals surface area contributed by atoms with Gasteiger partial charge in [-0.3, -0.25) is 4.79 Å². The number of hydrogen-bond donors (Lipinski definition) is 3. The fourth-order valence-corrected chi connectivity index (χ4v) is 1.00. The van der Waals surface area contributed by atoms with Gasteiger partial charge in [-0.2, -0.15) is 0 Å². The number of H-pyrrole nitrogens is 1. The van der Waals surface area contributed by atoms with E-state index < -0.39 is 0 Å². The molecule has 0 fully saturated rings. The summed E-state index contributed by atoms with van der Waals surface area (Å²) in [4.78, 5) is 13.2. The summed E-state index contributed by atoms with van der Waals surface area (Å²) in [6.07, 6.45) is 0. The van der Waals surface area contributed by atoms with Crippen molar-refractivity contribution in [1.29, 1.82) is 0 Å². The van der Waals surface area contributed by atoms with E-state index in [1.165, 1.54) is 6.07 Å². The van der Waals surface area contributed by atoms with Crippen LogP contribution in [0.2, 0.25) is 0 Å². The van der Waals surface area contributed by atoms with Gasteiger partial charge in [0.1, 0.15) is 5.82 Å². The Labute approximate surface area is 70.8 Å². The van der Waals surface area contributed by atoms with Crippen LogP contribution in [0, 0.1) is 3.57 Å². The number of nitrogens with two attached hydrogens (primary N) is 2. The lowest BCUT2D eigenvalue weighted by Gasteiger charge is -1.97. The van der Waals surface area contributed by atoms with E-state index in [4.69, 9.17) is 11.5 Å². The van der Waals surface area contributed by atoms with Crippen LogP contribution in [0.1, 0.15) is 0 Å². The first-order valence-corrected chi connectivity index (χ1v) is 3.63. The summed E-state index contributed by atoms with van der Waals surface area (Å²) in [6, 6.07) is 1.54. The van der Waals surface area contributed by atoms with Crippen LogP contribution in [-0.2, 0) is 0 Å². The molecule has 0 aliphatic rings. The minimum atomic E-state index is -0.202. The van der Waals surface area contributed by atoms with Gasteiger partial charge in [0.15, 0.2) is 0 Å². The zero-order valence-electron chi connectivity index (χ0n) is 5.02. The molecular weight excluding hydrogens is 245 g/mol. The topological polar surface area (TPSA) is 84.9 Å². The molecule has 1 heterocycles. The molecule has 5 N–H and O–H groups in total. The predicted octanol–water partition coefficient (Wildman–Crippen LogP) is 0.144. The normalized spacial score (nSPS) is 9.70. The molecule has 54 valence electrons. The predicted molar refractivity (Wildman–Crippen MR) is 48.6 cm³/mol. The van der Waals surface area contributed by atoms with Crippen LogP contribution in [0.5, 0.6) is 0 Å². The number of hydrogen-bond acceptors (Lipinski definition) is 3. The molecule has 0 unspecified atom stereocenters. The van der Waals surface area contributed by atoms with Crippen molar-refractivity contribution in [2.24, 2.45) is 0 Å². The first-order valence-electron chi connectivity index (χ1n) is 2.55. The lowest BCUT2D eigenvalue weighted by Crippen LogP contribution is -2.13. The van der Waals surface area contributed by atoms with Gasteiger partial charge in [-0.05, 0) is 28.7 Å². The second-order valence-corrected chi connectivity index (χ2v) is 2.98. The third kappa shape index (κ3) is 1.23. The molecule has 0 aliphatic heterocycles. The second-order valence-electron chi connectivity index (χ2n) is 1.82. The minimum Gasteiger partial charge on any atom is -0.396 e. The highest BCUT2D eigenvalue weighted by Gasteiger charge is 1.98. The highest BCUT2D eigenvalue weighted by atomic mass is 127. The largest absolute Gasteiger partial charge is 0.396 e. The van der Waals surface area contributed by atoms with Gasteiger partial charge >= 0.3 is 0 Å². The Morgan fingerprint density at radius 3 is 2.60 bits per heavy atom. The maximum absolute atomic E-state index is 10.8. The molecule has 0 saturated heterocycles. The lowest BCUT2D eigenvalue weighted by molar-refractivity contribution is 1.23. The SMILES string of the molecule is Nc1cc(I)c(=O)[nH]c1N. The number of pyridine rings is 1. The van der Waals surface area contributed by atoms with E-state index in [0.717, 1.165) is 0 Å². The molecule has 0 radical (unpaired) electrons. The smallest absolute Gasteiger partial charge is 0.263 e. The molecule has 0 bridgehead atoms. The van der Waals surface area contributed by atoms with Crippen molar-refractivity contribution in [3.63, 3.8) is 0 Å². The molecule has 0 saturated carbocycles. The summed E-state index contributed by atoms with van der Waals surface area (Å²) in [5.41, 5.74) is 10.9. The molecule has 4 nitrogen and oxygen atoms in total. The van der Waals surface area contributed by atoms with Crippen LogP contribution in [-0.4, -0.2) is 4.98 Å². The van der Waals surface area contributed by atoms with E-state index >= 15 is 0 Å². The van der Waals surface area contributed by atoms with Crippen molar-refractivity contribution in [3.05, 3.63) is 20.0 Å². The average molecular weight is 251 g/mol. The Balaban J connectivity index is 3.43. The third-order valence-corrected chi connectivity index (χ3v) is 1.86. The van der Waals surface area contributed by atoms with E-state index in [-0.39, 0.29) is 11.4 Å². The van der Waals surface area contributed by atoms with Crippen LogP contribution in [0.25, 0.3) is 0 Å². The number of rotatable bonds is 0. The number of nitrogen functional groups attached to an aromatic ring is 2. The summed E-state index contributed by atoms with van der Waals surface area (Å²) in [7, 11) is 0. The highest BCUT2D eigenvalue weighted by Crippen LogP contribution is 2.09. The highest BCUT2D eigenvalue weighted by molar-refractivity contribution is 14.1. The van der Waals surface area contributed by atoms with Gasteiger partial charge in [-0.25, -0.2) is 0 Å².